The van der Waals surface area contributed by atoms with E-state index in [1.54, 1.807) is 0 Å². The van der Waals surface area contributed by atoms with Crippen molar-refractivity contribution in [1.29, 1.82) is 0 Å². The summed E-state index contributed by atoms with van der Waals surface area (Å²) in [5.74, 6) is -0.136. The summed E-state index contributed by atoms with van der Waals surface area (Å²) in [5.41, 5.74) is 5.77. The van der Waals surface area contributed by atoms with E-state index in [0.717, 1.165) is 38.5 Å². The van der Waals surface area contributed by atoms with Gasteiger partial charge in [-0.3, -0.25) is 4.57 Å². The first kappa shape index (κ1) is 22.7. The second kappa shape index (κ2) is 10.0. The van der Waals surface area contributed by atoms with Gasteiger partial charge in [-0.15, -0.1) is 5.10 Å². The van der Waals surface area contributed by atoms with E-state index in [0.29, 0.717) is 16.9 Å². The fourth-order valence-electron chi connectivity index (χ4n) is 4.27. The maximum Gasteiger partial charge on any atom is 0.420 e. The largest absolute Gasteiger partial charge is 0.464 e. The molecule has 3 N–H and O–H groups in total. The van der Waals surface area contributed by atoms with Crippen LogP contribution in [0.5, 0.6) is 6.01 Å². The molecule has 0 saturated heterocycles. The fourth-order valence-corrected chi connectivity index (χ4v) is 4.27. The summed E-state index contributed by atoms with van der Waals surface area (Å²) in [4.78, 5) is 33.1. The van der Waals surface area contributed by atoms with E-state index in [9.17, 15) is 14.7 Å². The van der Waals surface area contributed by atoms with Crippen LogP contribution in [0.4, 0.5) is 10.6 Å². The highest BCUT2D eigenvalue weighted by Crippen LogP contribution is 2.26. The molecule has 3 aromatic heterocycles. The van der Waals surface area contributed by atoms with Crippen LogP contribution in [-0.4, -0.2) is 51.9 Å². The second-order valence-corrected chi connectivity index (χ2v) is 8.44. The van der Waals surface area contributed by atoms with Crippen molar-refractivity contribution in [2.75, 3.05) is 12.3 Å². The Morgan fingerprint density at radius 1 is 1.21 bits per heavy atom. The summed E-state index contributed by atoms with van der Waals surface area (Å²) in [5, 5.41) is 18.1. The molecule has 12 heteroatoms. The number of aromatic nitrogens is 7. The lowest BCUT2D eigenvalue weighted by Gasteiger charge is -2.19. The Kier molecular flexibility index (Phi) is 6.90. The number of carboxylic acid groups (broad SMARTS) is 1. The zero-order valence-electron chi connectivity index (χ0n) is 18.8. The lowest BCUT2D eigenvalue weighted by molar-refractivity contribution is 0.196. The van der Waals surface area contributed by atoms with Crippen LogP contribution >= 0.6 is 0 Å². The molecule has 3 heterocycles. The minimum Gasteiger partial charge on any atom is -0.464 e. The Bertz CT molecular complexity index is 1170. The summed E-state index contributed by atoms with van der Waals surface area (Å²) < 4.78 is 9.19. The molecule has 0 unspecified atom stereocenters. The van der Waals surface area contributed by atoms with Crippen LogP contribution < -0.4 is 16.2 Å². The van der Waals surface area contributed by atoms with Gasteiger partial charge in [0.1, 0.15) is 11.2 Å². The SMILES string of the molecule is CCCCOc1nc(N)c2c(n1)n(Cc1cn(C3CCCCCCC3)nn1)c(=O)n2C(=O)O. The van der Waals surface area contributed by atoms with Crippen LogP contribution in [0.1, 0.15) is 76.4 Å². The summed E-state index contributed by atoms with van der Waals surface area (Å²) in [6, 6.07) is 0.281. The molecule has 1 saturated carbocycles. The summed E-state index contributed by atoms with van der Waals surface area (Å²) in [7, 11) is 0. The van der Waals surface area contributed by atoms with Crippen molar-refractivity contribution in [3.63, 3.8) is 0 Å². The van der Waals surface area contributed by atoms with Crippen LogP contribution in [0.15, 0.2) is 11.0 Å². The number of nitrogens with two attached hydrogens (primary N) is 1. The molecule has 0 aliphatic heterocycles. The zero-order valence-corrected chi connectivity index (χ0v) is 18.8. The van der Waals surface area contributed by atoms with E-state index in [2.05, 4.69) is 20.3 Å². The Hall–Kier alpha value is -3.44. The highest BCUT2D eigenvalue weighted by atomic mass is 16.5. The standard InChI is InChI=1S/C21H30N8O4/c1-2-3-11-33-19-23-17(22)16-18(24-19)27(20(30)29(16)21(31)32)12-14-13-28(26-25-14)15-9-7-5-4-6-8-10-15/h13,15H,2-12H2,1H3,(H,31,32)(H2,22,23,24). The maximum absolute atomic E-state index is 13.0. The van der Waals surface area contributed by atoms with Crippen LogP contribution in [0.3, 0.4) is 0 Å². The van der Waals surface area contributed by atoms with Gasteiger partial charge < -0.3 is 15.6 Å². The molecule has 1 aliphatic rings. The average Bonchev–Trinajstić information content (AvgIpc) is 3.32. The number of fused-ring (bicyclic) bond motifs is 1. The number of nitrogens with zero attached hydrogens (tertiary/aromatic N) is 7. The Morgan fingerprint density at radius 2 is 1.94 bits per heavy atom. The molecule has 178 valence electrons. The van der Waals surface area contributed by atoms with Crippen molar-refractivity contribution in [3.05, 3.63) is 22.4 Å². The normalized spacial score (nSPS) is 15.4. The van der Waals surface area contributed by atoms with Gasteiger partial charge in [-0.25, -0.2) is 14.3 Å². The van der Waals surface area contributed by atoms with E-state index in [-0.39, 0.29) is 35.6 Å². The van der Waals surface area contributed by atoms with Gasteiger partial charge in [0.15, 0.2) is 11.5 Å². The number of rotatable bonds is 7. The molecular formula is C21H30N8O4. The molecule has 0 amide bonds. The van der Waals surface area contributed by atoms with Gasteiger partial charge >= 0.3 is 17.8 Å². The maximum atomic E-state index is 13.0. The zero-order chi connectivity index (χ0) is 23.4. The van der Waals surface area contributed by atoms with Gasteiger partial charge in [0, 0.05) is 0 Å². The quantitative estimate of drug-likeness (QED) is 0.508. The Balaban J connectivity index is 1.68. The molecule has 1 aliphatic carbocycles. The first-order valence-electron chi connectivity index (χ1n) is 11.5. The third-order valence-electron chi connectivity index (χ3n) is 6.02. The minimum absolute atomic E-state index is 0.00270. The molecule has 4 rings (SSSR count). The molecule has 12 nitrogen and oxygen atoms in total. The van der Waals surface area contributed by atoms with Gasteiger partial charge in [0.25, 0.3) is 0 Å². The van der Waals surface area contributed by atoms with Crippen LogP contribution in [0, 0.1) is 0 Å². The summed E-state index contributed by atoms with van der Waals surface area (Å²) in [6.07, 6.45) is 10.2. The number of imidazole rings is 1. The third-order valence-corrected chi connectivity index (χ3v) is 6.02. The predicted molar refractivity (Wildman–Crippen MR) is 121 cm³/mol. The number of unbranched alkanes of at least 4 members (excludes halogenated alkanes) is 1. The summed E-state index contributed by atoms with van der Waals surface area (Å²) in [6.45, 7) is 2.42. The molecule has 0 atom stereocenters. The van der Waals surface area contributed by atoms with Gasteiger partial charge in [-0.2, -0.15) is 14.5 Å². The van der Waals surface area contributed by atoms with Crippen LogP contribution in [-0.2, 0) is 6.54 Å². The molecule has 1 fully saturated rings. The molecule has 0 spiro atoms. The van der Waals surface area contributed by atoms with Gasteiger partial charge in [-0.1, -0.05) is 50.7 Å². The molecular weight excluding hydrogens is 428 g/mol. The van der Waals surface area contributed by atoms with E-state index in [1.807, 2.05) is 17.8 Å². The number of anilines is 1. The fraction of sp³-hybridized carbons (Fsp3) is 0.619. The lowest BCUT2D eigenvalue weighted by Crippen LogP contribution is -2.29. The van der Waals surface area contributed by atoms with Crippen molar-refractivity contribution < 1.29 is 14.6 Å². The highest BCUT2D eigenvalue weighted by Gasteiger charge is 2.24. The first-order chi connectivity index (χ1) is 16.0. The molecule has 33 heavy (non-hydrogen) atoms. The number of carbonyl (C=O) groups is 1. The highest BCUT2D eigenvalue weighted by molar-refractivity contribution is 5.90. The van der Waals surface area contributed by atoms with Crippen LogP contribution in [0.25, 0.3) is 11.2 Å². The number of hydrogen-bond acceptors (Lipinski definition) is 8. The predicted octanol–water partition coefficient (Wildman–Crippen LogP) is 2.81. The second-order valence-electron chi connectivity index (χ2n) is 8.44. The smallest absolute Gasteiger partial charge is 0.420 e. The van der Waals surface area contributed by atoms with Crippen molar-refractivity contribution in [2.45, 2.75) is 77.3 Å². The van der Waals surface area contributed by atoms with E-state index in [4.69, 9.17) is 10.5 Å². The lowest BCUT2D eigenvalue weighted by atomic mass is 9.97. The number of ether oxygens (including phenoxy) is 1. The van der Waals surface area contributed by atoms with Crippen molar-refractivity contribution in [2.24, 2.45) is 0 Å². The third kappa shape index (κ3) is 4.83. The van der Waals surface area contributed by atoms with E-state index in [1.165, 1.54) is 23.8 Å². The van der Waals surface area contributed by atoms with Crippen LogP contribution in [0.2, 0.25) is 0 Å². The molecule has 0 aromatic carbocycles. The van der Waals surface area contributed by atoms with Crippen molar-refractivity contribution in [3.8, 4) is 6.01 Å². The topological polar surface area (TPSA) is 156 Å². The molecule has 0 bridgehead atoms. The van der Waals surface area contributed by atoms with E-state index >= 15 is 0 Å². The Morgan fingerprint density at radius 3 is 2.64 bits per heavy atom. The molecule has 3 aromatic rings. The summed E-state index contributed by atoms with van der Waals surface area (Å²) >= 11 is 0. The van der Waals surface area contributed by atoms with Gasteiger partial charge in [-0.05, 0) is 19.3 Å². The Labute approximate surface area is 190 Å². The average molecular weight is 459 g/mol. The minimum atomic E-state index is -1.46. The first-order valence-corrected chi connectivity index (χ1v) is 11.5. The van der Waals surface area contributed by atoms with Crippen molar-refractivity contribution in [1.82, 2.24) is 34.1 Å². The monoisotopic (exact) mass is 458 g/mol. The number of nitrogen functional groups attached to an aromatic ring is 1. The van der Waals surface area contributed by atoms with E-state index < -0.39 is 11.8 Å². The van der Waals surface area contributed by atoms with Crippen molar-refractivity contribution >= 4 is 23.1 Å². The molecule has 0 radical (unpaired) electrons. The van der Waals surface area contributed by atoms with Gasteiger partial charge in [0.05, 0.1) is 25.4 Å². The number of hydrogen-bond donors (Lipinski definition) is 2. The van der Waals surface area contributed by atoms with Gasteiger partial charge in [0.2, 0.25) is 0 Å².